The molecule has 0 unspecified atom stereocenters. The van der Waals surface area contributed by atoms with Gasteiger partial charge in [0, 0.05) is 19.8 Å². The second-order valence-electron chi connectivity index (χ2n) is 5.37. The van der Waals surface area contributed by atoms with Crippen LogP contribution < -0.4 is 10.6 Å². The van der Waals surface area contributed by atoms with Crippen molar-refractivity contribution in [2.45, 2.75) is 19.4 Å². The molecule has 0 bridgehead atoms. The first-order chi connectivity index (χ1) is 9.78. The van der Waals surface area contributed by atoms with Gasteiger partial charge in [0.1, 0.15) is 0 Å². The first-order valence-electron chi connectivity index (χ1n) is 7.31. The van der Waals surface area contributed by atoms with Gasteiger partial charge in [0.05, 0.1) is 12.2 Å². The predicted octanol–water partition coefficient (Wildman–Crippen LogP) is 1.71. The van der Waals surface area contributed by atoms with E-state index in [2.05, 4.69) is 32.6 Å². The lowest BCUT2D eigenvalue weighted by Crippen LogP contribution is -2.42. The van der Waals surface area contributed by atoms with Gasteiger partial charge in [-0.3, -0.25) is 9.98 Å². The molecule has 2 rings (SSSR count). The van der Waals surface area contributed by atoms with E-state index in [1.165, 1.54) is 25.9 Å². The van der Waals surface area contributed by atoms with E-state index in [0.717, 1.165) is 24.1 Å². The largest absolute Gasteiger partial charge is 0.356 e. The van der Waals surface area contributed by atoms with Gasteiger partial charge in [-0.05, 0) is 51.0 Å². The lowest BCUT2D eigenvalue weighted by atomic mass is 9.97. The zero-order valence-corrected chi connectivity index (χ0v) is 15.2. The topological polar surface area (TPSA) is 52.6 Å². The molecule has 1 aliphatic heterocycles. The molecule has 1 aliphatic rings. The highest BCUT2D eigenvalue weighted by atomic mass is 127. The van der Waals surface area contributed by atoms with Crippen LogP contribution in [0.4, 0.5) is 0 Å². The summed E-state index contributed by atoms with van der Waals surface area (Å²) >= 11 is 0. The fourth-order valence-corrected chi connectivity index (χ4v) is 2.40. The van der Waals surface area contributed by atoms with Crippen LogP contribution in [0.1, 0.15) is 18.5 Å². The van der Waals surface area contributed by atoms with Gasteiger partial charge in [0.2, 0.25) is 0 Å². The van der Waals surface area contributed by atoms with Crippen molar-refractivity contribution in [3.63, 3.8) is 0 Å². The van der Waals surface area contributed by atoms with Gasteiger partial charge < -0.3 is 15.5 Å². The monoisotopic (exact) mass is 403 g/mol. The number of piperidine rings is 1. The van der Waals surface area contributed by atoms with E-state index in [1.54, 1.807) is 0 Å². The smallest absolute Gasteiger partial charge is 0.191 e. The van der Waals surface area contributed by atoms with Gasteiger partial charge in [0.25, 0.3) is 0 Å². The normalized spacial score (nSPS) is 17.1. The van der Waals surface area contributed by atoms with Crippen LogP contribution in [0.2, 0.25) is 0 Å². The molecule has 1 aromatic rings. The first kappa shape index (κ1) is 18.2. The number of pyridine rings is 1. The molecule has 0 atom stereocenters. The van der Waals surface area contributed by atoms with Crippen LogP contribution in [-0.2, 0) is 6.54 Å². The number of nitrogens with one attached hydrogen (secondary N) is 2. The molecule has 0 aliphatic carbocycles. The Bertz CT molecular complexity index is 415. The summed E-state index contributed by atoms with van der Waals surface area (Å²) in [5.41, 5.74) is 1.02. The second-order valence-corrected chi connectivity index (χ2v) is 5.37. The molecule has 0 saturated carbocycles. The van der Waals surface area contributed by atoms with Crippen molar-refractivity contribution in [3.8, 4) is 0 Å². The van der Waals surface area contributed by atoms with E-state index in [4.69, 9.17) is 0 Å². The lowest BCUT2D eigenvalue weighted by Gasteiger charge is -2.29. The summed E-state index contributed by atoms with van der Waals surface area (Å²) in [5.74, 6) is 1.61. The summed E-state index contributed by atoms with van der Waals surface area (Å²) in [6, 6.07) is 5.94. The maximum atomic E-state index is 4.29. The molecule has 6 heteroatoms. The van der Waals surface area contributed by atoms with Crippen molar-refractivity contribution < 1.29 is 0 Å². The predicted molar refractivity (Wildman–Crippen MR) is 98.1 cm³/mol. The van der Waals surface area contributed by atoms with Gasteiger partial charge in [-0.25, -0.2) is 0 Å². The molecule has 118 valence electrons. The molecular weight excluding hydrogens is 377 g/mol. The van der Waals surface area contributed by atoms with Crippen molar-refractivity contribution in [2.24, 2.45) is 10.9 Å². The standard InChI is InChI=1S/C15H25N5.HI/c1-16-15(19-12-14-5-3-4-8-17-14)18-11-13-6-9-20(2)10-7-13;/h3-5,8,13H,6-7,9-12H2,1-2H3,(H2,16,18,19);1H. The third-order valence-corrected chi connectivity index (χ3v) is 3.78. The van der Waals surface area contributed by atoms with Gasteiger partial charge >= 0.3 is 0 Å². The maximum absolute atomic E-state index is 4.29. The van der Waals surface area contributed by atoms with Gasteiger partial charge in [-0.15, -0.1) is 24.0 Å². The van der Waals surface area contributed by atoms with Gasteiger partial charge in [-0.1, -0.05) is 6.07 Å². The average Bonchev–Trinajstić information content (AvgIpc) is 2.50. The number of likely N-dealkylation sites (tertiary alicyclic amines) is 1. The van der Waals surface area contributed by atoms with Gasteiger partial charge in [-0.2, -0.15) is 0 Å². The van der Waals surface area contributed by atoms with Crippen LogP contribution >= 0.6 is 24.0 Å². The van der Waals surface area contributed by atoms with E-state index >= 15 is 0 Å². The number of aromatic nitrogens is 1. The summed E-state index contributed by atoms with van der Waals surface area (Å²) < 4.78 is 0. The highest BCUT2D eigenvalue weighted by Gasteiger charge is 2.16. The Morgan fingerprint density at radius 2 is 2.10 bits per heavy atom. The molecule has 1 aromatic heterocycles. The number of rotatable bonds is 4. The lowest BCUT2D eigenvalue weighted by molar-refractivity contribution is 0.220. The van der Waals surface area contributed by atoms with Crippen molar-refractivity contribution in [2.75, 3.05) is 33.7 Å². The van der Waals surface area contributed by atoms with Crippen molar-refractivity contribution >= 4 is 29.9 Å². The maximum Gasteiger partial charge on any atom is 0.191 e. The summed E-state index contributed by atoms with van der Waals surface area (Å²) in [6.45, 7) is 4.10. The molecule has 1 fully saturated rings. The molecule has 0 spiro atoms. The molecule has 21 heavy (non-hydrogen) atoms. The Morgan fingerprint density at radius 3 is 2.71 bits per heavy atom. The first-order valence-corrected chi connectivity index (χ1v) is 7.31. The van der Waals surface area contributed by atoms with Crippen molar-refractivity contribution in [1.82, 2.24) is 20.5 Å². The summed E-state index contributed by atoms with van der Waals surface area (Å²) in [4.78, 5) is 10.9. The number of hydrogen-bond donors (Lipinski definition) is 2. The number of hydrogen-bond acceptors (Lipinski definition) is 3. The molecule has 1 saturated heterocycles. The Kier molecular flexibility index (Phi) is 8.60. The molecule has 0 aromatic carbocycles. The number of nitrogens with zero attached hydrogens (tertiary/aromatic N) is 3. The zero-order valence-electron chi connectivity index (χ0n) is 12.9. The van der Waals surface area contributed by atoms with Crippen LogP contribution in [0.3, 0.4) is 0 Å². The number of aliphatic imine (C=N–C) groups is 1. The van der Waals surface area contributed by atoms with Crippen LogP contribution in [-0.4, -0.2) is 49.6 Å². The average molecular weight is 403 g/mol. The minimum atomic E-state index is 0. The summed E-state index contributed by atoms with van der Waals surface area (Å²) in [7, 11) is 4.00. The van der Waals surface area contributed by atoms with Crippen LogP contribution in [0.25, 0.3) is 0 Å². The Morgan fingerprint density at radius 1 is 1.33 bits per heavy atom. The zero-order chi connectivity index (χ0) is 14.2. The highest BCUT2D eigenvalue weighted by molar-refractivity contribution is 14.0. The Labute approximate surface area is 144 Å². The van der Waals surface area contributed by atoms with E-state index in [9.17, 15) is 0 Å². The molecular formula is C15H26IN5. The molecule has 2 heterocycles. The fraction of sp³-hybridized carbons (Fsp3) is 0.600. The summed E-state index contributed by atoms with van der Waals surface area (Å²) in [5, 5.41) is 6.72. The SMILES string of the molecule is CN=C(NCc1ccccn1)NCC1CCN(C)CC1.I. The highest BCUT2D eigenvalue weighted by Crippen LogP contribution is 2.14. The van der Waals surface area contributed by atoms with Crippen LogP contribution in [0.15, 0.2) is 29.4 Å². The van der Waals surface area contributed by atoms with Crippen LogP contribution in [0, 0.1) is 5.92 Å². The number of halogens is 1. The third-order valence-electron chi connectivity index (χ3n) is 3.78. The minimum Gasteiger partial charge on any atom is -0.356 e. The Hall–Kier alpha value is -0.890. The molecule has 2 N–H and O–H groups in total. The van der Waals surface area contributed by atoms with E-state index in [-0.39, 0.29) is 24.0 Å². The van der Waals surface area contributed by atoms with Crippen molar-refractivity contribution in [1.29, 1.82) is 0 Å². The van der Waals surface area contributed by atoms with Crippen molar-refractivity contribution in [3.05, 3.63) is 30.1 Å². The molecule has 5 nitrogen and oxygen atoms in total. The third kappa shape index (κ3) is 6.60. The molecule has 0 amide bonds. The minimum absolute atomic E-state index is 0. The fourth-order valence-electron chi connectivity index (χ4n) is 2.40. The van der Waals surface area contributed by atoms with E-state index < -0.39 is 0 Å². The molecule has 0 radical (unpaired) electrons. The second kappa shape index (κ2) is 9.94. The van der Waals surface area contributed by atoms with E-state index in [0.29, 0.717) is 6.54 Å². The number of guanidine groups is 1. The summed E-state index contributed by atoms with van der Waals surface area (Å²) in [6.07, 6.45) is 4.34. The van der Waals surface area contributed by atoms with Crippen LogP contribution in [0.5, 0.6) is 0 Å². The Balaban J connectivity index is 0.00000220. The van der Waals surface area contributed by atoms with Gasteiger partial charge in [0.15, 0.2) is 5.96 Å². The quantitative estimate of drug-likeness (QED) is 0.457. The van der Waals surface area contributed by atoms with E-state index in [1.807, 2.05) is 31.4 Å².